The highest BCUT2D eigenvalue weighted by Gasteiger charge is 2.24. The highest BCUT2D eigenvalue weighted by molar-refractivity contribution is 4.67. The summed E-state index contributed by atoms with van der Waals surface area (Å²) in [7, 11) is 1.57. The van der Waals surface area contributed by atoms with Gasteiger partial charge < -0.3 is 5.11 Å². The van der Waals surface area contributed by atoms with Gasteiger partial charge >= 0.3 is 0 Å². The van der Waals surface area contributed by atoms with Crippen LogP contribution in [0.2, 0.25) is 0 Å². The third-order valence-corrected chi connectivity index (χ3v) is 2.42. The number of hydrogen-bond donors (Lipinski definition) is 1. The van der Waals surface area contributed by atoms with Crippen molar-refractivity contribution in [1.29, 1.82) is 0 Å². The van der Waals surface area contributed by atoms with Crippen molar-refractivity contribution in [3.8, 4) is 0 Å². The van der Waals surface area contributed by atoms with Gasteiger partial charge in [-0.1, -0.05) is 0 Å². The van der Waals surface area contributed by atoms with Crippen molar-refractivity contribution < 1.29 is 9.87 Å². The molecule has 1 N–H and O–H groups in total. The standard InChI is InChI=1S/C8H16NO2/c1-9(11)7-3-2-4-8(10)6-5-7/h7-8,10H,2-6H2,1H3/q+1. The zero-order valence-electron chi connectivity index (χ0n) is 6.99. The second-order valence-electron chi connectivity index (χ2n) is 3.36. The summed E-state index contributed by atoms with van der Waals surface area (Å²) < 4.78 is 1.03. The van der Waals surface area contributed by atoms with E-state index in [0.717, 1.165) is 36.9 Å². The monoisotopic (exact) mass is 158 g/mol. The van der Waals surface area contributed by atoms with Crippen LogP contribution in [0.1, 0.15) is 32.1 Å². The van der Waals surface area contributed by atoms with Crippen LogP contribution in [0.4, 0.5) is 0 Å². The summed E-state index contributed by atoms with van der Waals surface area (Å²) in [5.74, 6) is 0. The molecule has 0 aromatic heterocycles. The molecule has 0 radical (unpaired) electrons. The van der Waals surface area contributed by atoms with E-state index >= 15 is 0 Å². The molecular formula is C8H16NO2+. The van der Waals surface area contributed by atoms with Crippen LogP contribution in [0, 0.1) is 4.91 Å². The van der Waals surface area contributed by atoms with Gasteiger partial charge in [0.2, 0.25) is 6.04 Å². The number of nitrogens with zero attached hydrogens (tertiary/aromatic N) is 1. The number of rotatable bonds is 1. The Bertz CT molecular complexity index is 147. The Morgan fingerprint density at radius 3 is 2.64 bits per heavy atom. The van der Waals surface area contributed by atoms with Crippen LogP contribution in [-0.4, -0.2) is 29.1 Å². The van der Waals surface area contributed by atoms with E-state index < -0.39 is 0 Å². The molecule has 1 fully saturated rings. The highest BCUT2D eigenvalue weighted by atomic mass is 16.3. The summed E-state index contributed by atoms with van der Waals surface area (Å²) in [4.78, 5) is 10.9. The molecule has 0 spiro atoms. The predicted molar refractivity (Wildman–Crippen MR) is 42.4 cm³/mol. The zero-order chi connectivity index (χ0) is 8.27. The van der Waals surface area contributed by atoms with Crippen molar-refractivity contribution in [1.82, 2.24) is 0 Å². The Hall–Kier alpha value is -0.440. The zero-order valence-corrected chi connectivity index (χ0v) is 6.99. The summed E-state index contributed by atoms with van der Waals surface area (Å²) >= 11 is 0. The molecule has 0 aliphatic heterocycles. The van der Waals surface area contributed by atoms with Gasteiger partial charge in [-0.05, 0) is 24.0 Å². The SMILES string of the molecule is C[N+](=O)C1CCCC(O)CC1. The first-order valence-corrected chi connectivity index (χ1v) is 4.28. The quantitative estimate of drug-likeness (QED) is 0.458. The molecule has 64 valence electrons. The molecule has 1 saturated carbocycles. The van der Waals surface area contributed by atoms with E-state index in [2.05, 4.69) is 0 Å². The summed E-state index contributed by atoms with van der Waals surface area (Å²) in [5, 5.41) is 9.27. The van der Waals surface area contributed by atoms with Gasteiger partial charge in [-0.3, -0.25) is 0 Å². The lowest BCUT2D eigenvalue weighted by molar-refractivity contribution is -0.560. The van der Waals surface area contributed by atoms with E-state index in [9.17, 15) is 10.0 Å². The van der Waals surface area contributed by atoms with Crippen LogP contribution >= 0.6 is 0 Å². The van der Waals surface area contributed by atoms with Crippen LogP contribution in [0.25, 0.3) is 0 Å². The van der Waals surface area contributed by atoms with Gasteiger partial charge in [0, 0.05) is 17.7 Å². The minimum atomic E-state index is -0.167. The Morgan fingerprint density at radius 1 is 1.27 bits per heavy atom. The minimum Gasteiger partial charge on any atom is -0.393 e. The number of aliphatic hydroxyl groups excluding tert-OH is 1. The van der Waals surface area contributed by atoms with Crippen molar-refractivity contribution in [3.05, 3.63) is 4.91 Å². The van der Waals surface area contributed by atoms with Crippen molar-refractivity contribution in [2.24, 2.45) is 0 Å². The largest absolute Gasteiger partial charge is 0.393 e. The smallest absolute Gasteiger partial charge is 0.201 e. The number of aliphatic hydroxyl groups is 1. The summed E-state index contributed by atoms with van der Waals surface area (Å²) in [6.45, 7) is 0. The fourth-order valence-electron chi connectivity index (χ4n) is 1.63. The maximum atomic E-state index is 10.9. The van der Waals surface area contributed by atoms with E-state index in [1.54, 1.807) is 7.05 Å². The molecule has 11 heavy (non-hydrogen) atoms. The average Bonchev–Trinajstić information content (AvgIpc) is 2.13. The van der Waals surface area contributed by atoms with Crippen molar-refractivity contribution >= 4 is 0 Å². The van der Waals surface area contributed by atoms with Gasteiger partial charge in [0.1, 0.15) is 0 Å². The first kappa shape index (κ1) is 8.65. The molecule has 1 aliphatic carbocycles. The summed E-state index contributed by atoms with van der Waals surface area (Å²) in [6, 6.07) is 0.146. The highest BCUT2D eigenvalue weighted by Crippen LogP contribution is 2.19. The number of hydrogen-bond acceptors (Lipinski definition) is 2. The molecule has 0 amide bonds. The van der Waals surface area contributed by atoms with Gasteiger partial charge in [-0.25, -0.2) is 0 Å². The second-order valence-corrected chi connectivity index (χ2v) is 3.36. The maximum absolute atomic E-state index is 10.9. The lowest BCUT2D eigenvalue weighted by Crippen LogP contribution is -2.19. The fourth-order valence-corrected chi connectivity index (χ4v) is 1.63. The van der Waals surface area contributed by atoms with Gasteiger partial charge in [0.25, 0.3) is 0 Å². The summed E-state index contributed by atoms with van der Waals surface area (Å²) in [5.41, 5.74) is 0. The van der Waals surface area contributed by atoms with Gasteiger partial charge in [0.15, 0.2) is 7.05 Å². The normalized spacial score (nSPS) is 32.9. The molecule has 0 bridgehead atoms. The van der Waals surface area contributed by atoms with Crippen LogP contribution < -0.4 is 0 Å². The molecule has 0 heterocycles. The van der Waals surface area contributed by atoms with Crippen LogP contribution in [0.5, 0.6) is 0 Å². The molecule has 1 aliphatic rings. The topological polar surface area (TPSA) is 40.3 Å². The predicted octanol–water partition coefficient (Wildman–Crippen LogP) is 1.09. The molecule has 3 nitrogen and oxygen atoms in total. The molecule has 0 aromatic carbocycles. The summed E-state index contributed by atoms with van der Waals surface area (Å²) in [6.07, 6.45) is 4.26. The van der Waals surface area contributed by atoms with Crippen molar-refractivity contribution in [2.75, 3.05) is 7.05 Å². The molecule has 1 rings (SSSR count). The Morgan fingerprint density at radius 2 is 2.00 bits per heavy atom. The second kappa shape index (κ2) is 3.81. The molecule has 2 unspecified atom stereocenters. The van der Waals surface area contributed by atoms with Crippen LogP contribution in [-0.2, 0) is 0 Å². The van der Waals surface area contributed by atoms with E-state index in [0.29, 0.717) is 0 Å². The van der Waals surface area contributed by atoms with Crippen LogP contribution in [0.3, 0.4) is 0 Å². The Balaban J connectivity index is 2.40. The van der Waals surface area contributed by atoms with E-state index in [4.69, 9.17) is 0 Å². The maximum Gasteiger partial charge on any atom is 0.201 e. The Labute approximate surface area is 67.0 Å². The van der Waals surface area contributed by atoms with Gasteiger partial charge in [-0.2, -0.15) is 0 Å². The average molecular weight is 158 g/mol. The van der Waals surface area contributed by atoms with E-state index in [1.165, 1.54) is 0 Å². The third-order valence-electron chi connectivity index (χ3n) is 2.42. The van der Waals surface area contributed by atoms with Crippen molar-refractivity contribution in [3.63, 3.8) is 0 Å². The Kier molecular flexibility index (Phi) is 3.00. The van der Waals surface area contributed by atoms with Gasteiger partial charge in [-0.15, -0.1) is 0 Å². The first-order chi connectivity index (χ1) is 5.20. The lowest BCUT2D eigenvalue weighted by Gasteiger charge is -2.03. The third kappa shape index (κ3) is 2.58. The van der Waals surface area contributed by atoms with Gasteiger partial charge in [0.05, 0.1) is 6.10 Å². The molecular weight excluding hydrogens is 142 g/mol. The number of nitroso groups, excluding NO2 is 1. The van der Waals surface area contributed by atoms with Crippen molar-refractivity contribution in [2.45, 2.75) is 44.2 Å². The molecule has 3 heteroatoms. The fraction of sp³-hybridized carbons (Fsp3) is 1.00. The minimum absolute atomic E-state index is 0.146. The van der Waals surface area contributed by atoms with E-state index in [1.807, 2.05) is 0 Å². The van der Waals surface area contributed by atoms with Crippen LogP contribution in [0.15, 0.2) is 0 Å². The molecule has 0 saturated heterocycles. The lowest BCUT2D eigenvalue weighted by atomic mass is 10.1. The first-order valence-electron chi connectivity index (χ1n) is 4.28. The molecule has 2 atom stereocenters. The molecule has 0 aromatic rings. The van der Waals surface area contributed by atoms with E-state index in [-0.39, 0.29) is 12.1 Å².